The van der Waals surface area contributed by atoms with Crippen molar-refractivity contribution in [1.29, 1.82) is 0 Å². The van der Waals surface area contributed by atoms with Gasteiger partial charge >= 0.3 is 0 Å². The van der Waals surface area contributed by atoms with Gasteiger partial charge in [-0.1, -0.05) is 25.8 Å². The summed E-state index contributed by atoms with van der Waals surface area (Å²) in [5.41, 5.74) is 0.924. The van der Waals surface area contributed by atoms with Gasteiger partial charge < -0.3 is 15.0 Å². The molecule has 0 aromatic carbocycles. The maximum Gasteiger partial charge on any atom is 0.248 e. The van der Waals surface area contributed by atoms with Gasteiger partial charge in [-0.3, -0.25) is 14.6 Å². The molecule has 2 atom stereocenters. The standard InChI is InChI=1S/C18H27N3O3/c1-14-6-3-4-8-16(14)21(2)18(23)13-24-12-17(22)20-11-15-7-5-9-19-10-15/h5,7,9-10,14,16H,3-4,6,8,11-13H2,1-2H3,(H,20,22)/t14-,16-/m0/s1. The van der Waals surface area contributed by atoms with Gasteiger partial charge in [0, 0.05) is 32.0 Å². The lowest BCUT2D eigenvalue weighted by molar-refractivity contribution is -0.140. The molecule has 1 aromatic heterocycles. The Morgan fingerprint density at radius 3 is 2.83 bits per heavy atom. The van der Waals surface area contributed by atoms with Gasteiger partial charge in [-0.05, 0) is 30.4 Å². The number of carbonyl (C=O) groups excluding carboxylic acids is 2. The Balaban J connectivity index is 1.65. The number of nitrogens with zero attached hydrogens (tertiary/aromatic N) is 2. The Morgan fingerprint density at radius 2 is 2.12 bits per heavy atom. The SMILES string of the molecule is C[C@H]1CCCC[C@@H]1N(C)C(=O)COCC(=O)NCc1cccnc1. The third-order valence-electron chi connectivity index (χ3n) is 4.63. The Kier molecular flexibility index (Phi) is 7.18. The average molecular weight is 333 g/mol. The molecule has 1 aliphatic carbocycles. The molecular weight excluding hydrogens is 306 g/mol. The summed E-state index contributed by atoms with van der Waals surface area (Å²) in [6.45, 7) is 2.43. The third kappa shape index (κ3) is 5.60. The molecule has 0 bridgehead atoms. The fraction of sp³-hybridized carbons (Fsp3) is 0.611. The zero-order valence-electron chi connectivity index (χ0n) is 14.5. The lowest BCUT2D eigenvalue weighted by Gasteiger charge is -2.36. The van der Waals surface area contributed by atoms with E-state index < -0.39 is 0 Å². The number of hydrogen-bond donors (Lipinski definition) is 1. The van der Waals surface area contributed by atoms with E-state index in [1.165, 1.54) is 19.3 Å². The third-order valence-corrected chi connectivity index (χ3v) is 4.63. The van der Waals surface area contributed by atoms with Gasteiger partial charge in [-0.15, -0.1) is 0 Å². The summed E-state index contributed by atoms with van der Waals surface area (Å²) in [6, 6.07) is 3.99. The molecule has 1 fully saturated rings. The fourth-order valence-electron chi connectivity index (χ4n) is 3.14. The average Bonchev–Trinajstić information content (AvgIpc) is 2.60. The van der Waals surface area contributed by atoms with Crippen LogP contribution in [0.2, 0.25) is 0 Å². The van der Waals surface area contributed by atoms with Crippen molar-refractivity contribution in [1.82, 2.24) is 15.2 Å². The second kappa shape index (κ2) is 9.37. The summed E-state index contributed by atoms with van der Waals surface area (Å²) < 4.78 is 5.27. The molecule has 0 saturated heterocycles. The van der Waals surface area contributed by atoms with E-state index in [2.05, 4.69) is 17.2 Å². The van der Waals surface area contributed by atoms with Crippen molar-refractivity contribution in [2.24, 2.45) is 5.92 Å². The highest BCUT2D eigenvalue weighted by Gasteiger charge is 2.27. The van der Waals surface area contributed by atoms with Crippen molar-refractivity contribution in [3.05, 3.63) is 30.1 Å². The molecule has 0 unspecified atom stereocenters. The molecule has 0 spiro atoms. The van der Waals surface area contributed by atoms with Crippen molar-refractivity contribution < 1.29 is 14.3 Å². The van der Waals surface area contributed by atoms with Crippen molar-refractivity contribution in [2.75, 3.05) is 20.3 Å². The van der Waals surface area contributed by atoms with Crippen LogP contribution in [0.4, 0.5) is 0 Å². The van der Waals surface area contributed by atoms with E-state index in [0.717, 1.165) is 12.0 Å². The Morgan fingerprint density at radius 1 is 1.33 bits per heavy atom. The van der Waals surface area contributed by atoms with Crippen LogP contribution < -0.4 is 5.32 Å². The van der Waals surface area contributed by atoms with Gasteiger partial charge in [0.1, 0.15) is 13.2 Å². The minimum absolute atomic E-state index is 0.0555. The largest absolute Gasteiger partial charge is 0.362 e. The molecular formula is C18H27N3O3. The minimum atomic E-state index is -0.236. The van der Waals surface area contributed by atoms with Gasteiger partial charge in [0.25, 0.3) is 0 Å². The van der Waals surface area contributed by atoms with Crippen LogP contribution in [0.3, 0.4) is 0 Å². The summed E-state index contributed by atoms with van der Waals surface area (Å²) >= 11 is 0. The monoisotopic (exact) mass is 333 g/mol. The first-order chi connectivity index (χ1) is 11.6. The van der Waals surface area contributed by atoms with Gasteiger partial charge in [0.2, 0.25) is 11.8 Å². The van der Waals surface area contributed by atoms with Crippen LogP contribution in [0.1, 0.15) is 38.2 Å². The van der Waals surface area contributed by atoms with E-state index >= 15 is 0 Å². The van der Waals surface area contributed by atoms with Crippen LogP contribution in [0, 0.1) is 5.92 Å². The molecule has 2 amide bonds. The lowest BCUT2D eigenvalue weighted by atomic mass is 9.85. The van der Waals surface area contributed by atoms with E-state index in [9.17, 15) is 9.59 Å². The number of nitrogens with one attached hydrogen (secondary N) is 1. The first-order valence-electron chi connectivity index (χ1n) is 8.57. The molecule has 132 valence electrons. The zero-order valence-corrected chi connectivity index (χ0v) is 14.5. The topological polar surface area (TPSA) is 71.5 Å². The highest BCUT2D eigenvalue weighted by Crippen LogP contribution is 2.27. The first kappa shape index (κ1) is 18.4. The number of amides is 2. The van der Waals surface area contributed by atoms with Gasteiger partial charge in [-0.2, -0.15) is 0 Å². The van der Waals surface area contributed by atoms with E-state index in [1.54, 1.807) is 17.3 Å². The van der Waals surface area contributed by atoms with Gasteiger partial charge in [-0.25, -0.2) is 0 Å². The van der Waals surface area contributed by atoms with Crippen LogP contribution in [0.5, 0.6) is 0 Å². The molecule has 6 heteroatoms. The minimum Gasteiger partial charge on any atom is -0.362 e. The van der Waals surface area contributed by atoms with E-state index in [4.69, 9.17) is 4.74 Å². The highest BCUT2D eigenvalue weighted by atomic mass is 16.5. The summed E-state index contributed by atoms with van der Waals surface area (Å²) in [6.07, 6.45) is 8.01. The second-order valence-corrected chi connectivity index (χ2v) is 6.46. The summed E-state index contributed by atoms with van der Waals surface area (Å²) in [4.78, 5) is 29.7. The Bertz CT molecular complexity index is 536. The predicted octanol–water partition coefficient (Wildman–Crippen LogP) is 1.75. The molecule has 1 aromatic rings. The molecule has 1 heterocycles. The molecule has 24 heavy (non-hydrogen) atoms. The maximum absolute atomic E-state index is 12.2. The van der Waals surface area contributed by atoms with Crippen LogP contribution in [0.25, 0.3) is 0 Å². The van der Waals surface area contributed by atoms with Crippen LogP contribution >= 0.6 is 0 Å². The van der Waals surface area contributed by atoms with Crippen molar-refractivity contribution >= 4 is 11.8 Å². The second-order valence-electron chi connectivity index (χ2n) is 6.46. The van der Waals surface area contributed by atoms with Crippen molar-refractivity contribution in [2.45, 2.75) is 45.2 Å². The van der Waals surface area contributed by atoms with Gasteiger partial charge in [0.05, 0.1) is 0 Å². The van der Waals surface area contributed by atoms with Crippen LogP contribution in [-0.4, -0.2) is 48.0 Å². The Hall–Kier alpha value is -1.95. The summed E-state index contributed by atoms with van der Waals surface area (Å²) in [7, 11) is 1.83. The van der Waals surface area contributed by atoms with E-state index in [0.29, 0.717) is 12.5 Å². The zero-order chi connectivity index (χ0) is 17.4. The highest BCUT2D eigenvalue weighted by molar-refractivity contribution is 5.79. The number of hydrogen-bond acceptors (Lipinski definition) is 4. The molecule has 0 radical (unpaired) electrons. The van der Waals surface area contributed by atoms with E-state index in [-0.39, 0.29) is 31.1 Å². The molecule has 0 aliphatic heterocycles. The number of carbonyl (C=O) groups is 2. The molecule has 2 rings (SSSR count). The molecule has 1 saturated carbocycles. The molecule has 6 nitrogen and oxygen atoms in total. The molecule has 1 N–H and O–H groups in total. The Labute approximate surface area is 143 Å². The van der Waals surface area contributed by atoms with Crippen molar-refractivity contribution in [3.8, 4) is 0 Å². The predicted molar refractivity (Wildman–Crippen MR) is 91.1 cm³/mol. The van der Waals surface area contributed by atoms with Gasteiger partial charge in [0.15, 0.2) is 0 Å². The summed E-state index contributed by atoms with van der Waals surface area (Å²) in [5.74, 6) is 0.227. The van der Waals surface area contributed by atoms with Crippen LogP contribution in [-0.2, 0) is 20.9 Å². The number of rotatable bonds is 7. The molecule has 1 aliphatic rings. The number of aromatic nitrogens is 1. The lowest BCUT2D eigenvalue weighted by Crippen LogP contribution is -2.44. The normalized spacial score (nSPS) is 20.4. The van der Waals surface area contributed by atoms with Crippen LogP contribution in [0.15, 0.2) is 24.5 Å². The number of ether oxygens (including phenoxy) is 1. The van der Waals surface area contributed by atoms with Crippen molar-refractivity contribution in [3.63, 3.8) is 0 Å². The number of likely N-dealkylation sites (N-methyl/N-ethyl adjacent to an activating group) is 1. The smallest absolute Gasteiger partial charge is 0.248 e. The van der Waals surface area contributed by atoms with E-state index in [1.807, 2.05) is 19.2 Å². The fourth-order valence-corrected chi connectivity index (χ4v) is 3.14. The quantitative estimate of drug-likeness (QED) is 0.825. The summed E-state index contributed by atoms with van der Waals surface area (Å²) in [5, 5.41) is 2.74. The first-order valence-corrected chi connectivity index (χ1v) is 8.57. The maximum atomic E-state index is 12.2. The number of pyridine rings is 1.